The van der Waals surface area contributed by atoms with Gasteiger partial charge in [0.05, 0.1) is 28.0 Å². The van der Waals surface area contributed by atoms with Crippen molar-refractivity contribution in [2.24, 2.45) is 0 Å². The molecule has 1 aromatic heterocycles. The molecule has 154 valence electrons. The van der Waals surface area contributed by atoms with Crippen LogP contribution in [0, 0.1) is 0 Å². The lowest BCUT2D eigenvalue weighted by atomic mass is 10.1. The average Bonchev–Trinajstić information content (AvgIpc) is 2.78. The number of nitrogens with one attached hydrogen (secondary N) is 1. The molecule has 0 aliphatic heterocycles. The number of nitrogens with zero attached hydrogens (tertiary/aromatic N) is 2. The van der Waals surface area contributed by atoms with E-state index in [4.69, 9.17) is 0 Å². The van der Waals surface area contributed by atoms with Gasteiger partial charge in [-0.25, -0.2) is 4.98 Å². The summed E-state index contributed by atoms with van der Waals surface area (Å²) in [6.45, 7) is 1.46. The Morgan fingerprint density at radius 2 is 1.61 bits per heavy atom. The molecule has 0 fully saturated rings. The third-order valence-electron chi connectivity index (χ3n) is 4.67. The van der Waals surface area contributed by atoms with E-state index in [-0.39, 0.29) is 23.0 Å². The van der Waals surface area contributed by atoms with Crippen molar-refractivity contribution < 1.29 is 9.59 Å². The zero-order valence-corrected chi connectivity index (χ0v) is 17.6. The number of carbonyl (C=O) groups excluding carboxylic acids is 2. The maximum absolute atomic E-state index is 13.2. The van der Waals surface area contributed by atoms with Gasteiger partial charge in [-0.15, -0.1) is 0 Å². The van der Waals surface area contributed by atoms with E-state index in [1.54, 1.807) is 42.5 Å². The summed E-state index contributed by atoms with van der Waals surface area (Å²) in [6.07, 6.45) is 0. The lowest BCUT2D eigenvalue weighted by Crippen LogP contribution is -2.23. The maximum Gasteiger partial charge on any atom is 0.266 e. The fourth-order valence-corrected chi connectivity index (χ4v) is 4.04. The quantitative estimate of drug-likeness (QED) is 0.280. The first-order valence-corrected chi connectivity index (χ1v) is 10.6. The zero-order chi connectivity index (χ0) is 21.8. The van der Waals surface area contributed by atoms with E-state index >= 15 is 0 Å². The molecule has 0 aliphatic rings. The van der Waals surface area contributed by atoms with Gasteiger partial charge in [0.2, 0.25) is 5.91 Å². The molecule has 1 heterocycles. The minimum atomic E-state index is -0.291. The molecule has 0 atom stereocenters. The summed E-state index contributed by atoms with van der Waals surface area (Å²) in [5.41, 5.74) is 1.97. The third kappa shape index (κ3) is 4.41. The minimum absolute atomic E-state index is 0.0316. The van der Waals surface area contributed by atoms with Crippen molar-refractivity contribution in [2.45, 2.75) is 12.1 Å². The van der Waals surface area contributed by atoms with Gasteiger partial charge in [0.1, 0.15) is 0 Å². The summed E-state index contributed by atoms with van der Waals surface area (Å²) >= 11 is 1.17. The highest BCUT2D eigenvalue weighted by molar-refractivity contribution is 7.99. The van der Waals surface area contributed by atoms with Crippen LogP contribution < -0.4 is 10.9 Å². The monoisotopic (exact) mass is 429 g/mol. The van der Waals surface area contributed by atoms with E-state index in [0.717, 1.165) is 0 Å². The predicted octanol–water partition coefficient (Wildman–Crippen LogP) is 4.32. The van der Waals surface area contributed by atoms with Gasteiger partial charge in [-0.3, -0.25) is 19.0 Å². The maximum atomic E-state index is 13.2. The first-order chi connectivity index (χ1) is 15.0. The topological polar surface area (TPSA) is 81.1 Å². The number of ketones is 1. The van der Waals surface area contributed by atoms with Crippen LogP contribution in [0.5, 0.6) is 0 Å². The predicted molar refractivity (Wildman–Crippen MR) is 123 cm³/mol. The van der Waals surface area contributed by atoms with Crippen LogP contribution in [0.3, 0.4) is 0 Å². The highest BCUT2D eigenvalue weighted by Gasteiger charge is 2.15. The van der Waals surface area contributed by atoms with Crippen LogP contribution in [0.4, 0.5) is 5.69 Å². The standard InChI is InChI=1S/C24H19N3O3S/c1-16(28)18-11-5-7-13-20(18)25-22(29)15-31-24-26-21-14-8-6-12-19(21)23(30)27(24)17-9-3-2-4-10-17/h2-14H,15H2,1H3,(H,25,29). The van der Waals surface area contributed by atoms with E-state index in [1.807, 2.05) is 36.4 Å². The number of anilines is 1. The Bertz CT molecular complexity index is 1330. The lowest BCUT2D eigenvalue weighted by Gasteiger charge is -2.13. The number of fused-ring (bicyclic) bond motifs is 1. The number of aromatic nitrogens is 2. The van der Waals surface area contributed by atoms with Crippen LogP contribution in [0.25, 0.3) is 16.6 Å². The van der Waals surface area contributed by atoms with Crippen molar-refractivity contribution >= 4 is 40.0 Å². The average molecular weight is 430 g/mol. The van der Waals surface area contributed by atoms with Crippen molar-refractivity contribution in [3.8, 4) is 5.69 Å². The molecule has 0 spiro atoms. The van der Waals surface area contributed by atoms with Crippen LogP contribution in [-0.4, -0.2) is 27.0 Å². The second-order valence-corrected chi connectivity index (χ2v) is 7.77. The molecular weight excluding hydrogens is 410 g/mol. The molecule has 0 radical (unpaired) electrons. The molecule has 6 nitrogen and oxygen atoms in total. The molecule has 0 unspecified atom stereocenters. The number of thioether (sulfide) groups is 1. The van der Waals surface area contributed by atoms with E-state index in [0.29, 0.717) is 33.0 Å². The lowest BCUT2D eigenvalue weighted by molar-refractivity contribution is -0.113. The van der Waals surface area contributed by atoms with Crippen molar-refractivity contribution in [1.29, 1.82) is 0 Å². The largest absolute Gasteiger partial charge is 0.325 e. The Balaban J connectivity index is 1.65. The number of para-hydroxylation sites is 3. The normalized spacial score (nSPS) is 10.7. The first kappa shape index (κ1) is 20.6. The highest BCUT2D eigenvalue weighted by atomic mass is 32.2. The summed E-state index contributed by atoms with van der Waals surface area (Å²) in [5, 5.41) is 3.71. The van der Waals surface area contributed by atoms with Gasteiger partial charge in [0, 0.05) is 5.56 Å². The summed E-state index contributed by atoms with van der Waals surface area (Å²) in [4.78, 5) is 42.2. The smallest absolute Gasteiger partial charge is 0.266 e. The fraction of sp³-hybridized carbons (Fsp3) is 0.0833. The highest BCUT2D eigenvalue weighted by Crippen LogP contribution is 2.22. The molecule has 1 N–H and O–H groups in total. The second-order valence-electron chi connectivity index (χ2n) is 6.83. The molecule has 3 aromatic carbocycles. The molecule has 4 aromatic rings. The van der Waals surface area contributed by atoms with Gasteiger partial charge in [0.25, 0.3) is 5.56 Å². The van der Waals surface area contributed by atoms with Crippen molar-refractivity contribution in [2.75, 3.05) is 11.1 Å². The molecule has 7 heteroatoms. The SMILES string of the molecule is CC(=O)c1ccccc1NC(=O)CSc1nc2ccccc2c(=O)n1-c1ccccc1. The van der Waals surface area contributed by atoms with Crippen molar-refractivity contribution in [3.05, 3.63) is 94.8 Å². The molecule has 0 saturated heterocycles. The van der Waals surface area contributed by atoms with Crippen LogP contribution in [0.15, 0.2) is 88.8 Å². The molecular formula is C24H19N3O3S. The van der Waals surface area contributed by atoms with Gasteiger partial charge in [-0.2, -0.15) is 0 Å². The molecule has 0 bridgehead atoms. The second kappa shape index (κ2) is 8.97. The van der Waals surface area contributed by atoms with E-state index < -0.39 is 0 Å². The number of hydrogen-bond donors (Lipinski definition) is 1. The number of rotatable bonds is 6. The molecule has 4 rings (SSSR count). The summed E-state index contributed by atoms with van der Waals surface area (Å²) in [7, 11) is 0. The molecule has 31 heavy (non-hydrogen) atoms. The molecule has 0 saturated carbocycles. The number of carbonyl (C=O) groups is 2. The number of Topliss-reactive ketones (excluding diaryl/α,β-unsaturated/α-hetero) is 1. The number of benzene rings is 3. The molecule has 0 aliphatic carbocycles. The van der Waals surface area contributed by atoms with Crippen LogP contribution >= 0.6 is 11.8 Å². The fourth-order valence-electron chi connectivity index (χ4n) is 3.23. The van der Waals surface area contributed by atoms with Gasteiger partial charge >= 0.3 is 0 Å². The van der Waals surface area contributed by atoms with E-state index in [2.05, 4.69) is 10.3 Å². The van der Waals surface area contributed by atoms with Gasteiger partial charge in [-0.05, 0) is 43.3 Å². The zero-order valence-electron chi connectivity index (χ0n) is 16.7. The Morgan fingerprint density at radius 3 is 2.39 bits per heavy atom. The Labute approximate surface area is 182 Å². The summed E-state index contributed by atoms with van der Waals surface area (Å²) in [5.74, 6) is -0.387. The van der Waals surface area contributed by atoms with Gasteiger partial charge in [-0.1, -0.05) is 54.2 Å². The van der Waals surface area contributed by atoms with Crippen LogP contribution in [0.2, 0.25) is 0 Å². The van der Waals surface area contributed by atoms with Crippen LogP contribution in [-0.2, 0) is 4.79 Å². The summed E-state index contributed by atoms with van der Waals surface area (Å²) in [6, 6.07) is 23.2. The summed E-state index contributed by atoms with van der Waals surface area (Å²) < 4.78 is 1.52. The third-order valence-corrected chi connectivity index (χ3v) is 5.61. The van der Waals surface area contributed by atoms with E-state index in [1.165, 1.54) is 23.3 Å². The van der Waals surface area contributed by atoms with Crippen molar-refractivity contribution in [1.82, 2.24) is 9.55 Å². The van der Waals surface area contributed by atoms with Crippen molar-refractivity contribution in [3.63, 3.8) is 0 Å². The minimum Gasteiger partial charge on any atom is -0.325 e. The Kier molecular flexibility index (Phi) is 5.95. The Hall–Kier alpha value is -3.71. The molecule has 1 amide bonds. The number of amides is 1. The number of hydrogen-bond acceptors (Lipinski definition) is 5. The van der Waals surface area contributed by atoms with Gasteiger partial charge in [0.15, 0.2) is 10.9 Å². The Morgan fingerprint density at radius 1 is 0.935 bits per heavy atom. The van der Waals surface area contributed by atoms with E-state index in [9.17, 15) is 14.4 Å². The van der Waals surface area contributed by atoms with Crippen LogP contribution in [0.1, 0.15) is 17.3 Å². The first-order valence-electron chi connectivity index (χ1n) is 9.64. The van der Waals surface area contributed by atoms with Gasteiger partial charge < -0.3 is 5.32 Å².